The molecule has 0 aliphatic heterocycles. The van der Waals surface area contributed by atoms with Gasteiger partial charge in [0.25, 0.3) is 5.56 Å². The first-order chi connectivity index (χ1) is 13.6. The van der Waals surface area contributed by atoms with Gasteiger partial charge in [0.15, 0.2) is 0 Å². The molecule has 0 bridgehead atoms. The van der Waals surface area contributed by atoms with Gasteiger partial charge in [-0.15, -0.1) is 0 Å². The van der Waals surface area contributed by atoms with E-state index >= 15 is 0 Å². The summed E-state index contributed by atoms with van der Waals surface area (Å²) in [5.41, 5.74) is 1.66. The van der Waals surface area contributed by atoms with E-state index in [4.69, 9.17) is 0 Å². The van der Waals surface area contributed by atoms with Gasteiger partial charge in [-0.3, -0.25) is 19.6 Å². The van der Waals surface area contributed by atoms with Gasteiger partial charge in [-0.25, -0.2) is 4.68 Å². The van der Waals surface area contributed by atoms with Gasteiger partial charge in [0, 0.05) is 25.4 Å². The van der Waals surface area contributed by atoms with E-state index in [9.17, 15) is 9.59 Å². The molecule has 4 rings (SSSR count). The summed E-state index contributed by atoms with van der Waals surface area (Å²) in [6.45, 7) is -0.161. The zero-order valence-corrected chi connectivity index (χ0v) is 15.7. The summed E-state index contributed by atoms with van der Waals surface area (Å²) in [5.74, 6) is 0.364. The number of nitrogens with zero attached hydrogens (tertiary/aromatic N) is 5. The second-order valence-corrected chi connectivity index (χ2v) is 7.05. The molecular weight excluding hydrogens is 356 g/mol. The second-order valence-electron chi connectivity index (χ2n) is 7.05. The van der Waals surface area contributed by atoms with Crippen molar-refractivity contribution in [3.05, 3.63) is 53.1 Å². The van der Waals surface area contributed by atoms with Crippen LogP contribution < -0.4 is 15.8 Å². The molecular formula is C20H22N6O2. The summed E-state index contributed by atoms with van der Waals surface area (Å²) in [4.78, 5) is 35.2. The number of amides is 1. The first-order valence-corrected chi connectivity index (χ1v) is 9.42. The number of anilines is 2. The number of hydrogen-bond acceptors (Lipinski definition) is 6. The Labute approximate surface area is 162 Å². The molecule has 1 aliphatic carbocycles. The maximum atomic E-state index is 12.4. The van der Waals surface area contributed by atoms with Crippen LogP contribution in [-0.4, -0.2) is 38.7 Å². The number of fused-ring (bicyclic) bond motifs is 1. The highest BCUT2D eigenvalue weighted by Gasteiger charge is 2.21. The quantitative estimate of drug-likeness (QED) is 0.732. The van der Waals surface area contributed by atoms with E-state index in [-0.39, 0.29) is 18.0 Å². The molecule has 3 aromatic heterocycles. The Balaban J connectivity index is 1.48. The van der Waals surface area contributed by atoms with Gasteiger partial charge in [0.05, 0.1) is 22.9 Å². The molecule has 0 spiro atoms. The number of hydrogen-bond donors (Lipinski definition) is 1. The minimum absolute atomic E-state index is 0.161. The summed E-state index contributed by atoms with van der Waals surface area (Å²) in [6.07, 6.45) is 7.92. The second kappa shape index (κ2) is 7.75. The van der Waals surface area contributed by atoms with Gasteiger partial charge < -0.3 is 10.2 Å². The first-order valence-electron chi connectivity index (χ1n) is 9.42. The molecule has 3 aromatic rings. The number of rotatable bonds is 5. The topological polar surface area (TPSA) is 93.0 Å². The summed E-state index contributed by atoms with van der Waals surface area (Å²) < 4.78 is 1.20. The van der Waals surface area contributed by atoms with Crippen molar-refractivity contribution in [2.24, 2.45) is 0 Å². The Morgan fingerprint density at radius 2 is 2.04 bits per heavy atom. The SMILES string of the molecule is CN(c1ccc(=O)n(CC(=O)Nc2cnc3cccnc3c2)n1)C1CCCC1. The lowest BCUT2D eigenvalue weighted by Crippen LogP contribution is -2.34. The van der Waals surface area contributed by atoms with Crippen LogP contribution in [-0.2, 0) is 11.3 Å². The Kier molecular flexibility index (Phi) is 5.01. The molecule has 1 N–H and O–H groups in total. The molecule has 0 unspecified atom stereocenters. The monoisotopic (exact) mass is 378 g/mol. The average molecular weight is 378 g/mol. The predicted molar refractivity (Wildman–Crippen MR) is 107 cm³/mol. The molecule has 1 amide bonds. The van der Waals surface area contributed by atoms with Crippen molar-refractivity contribution in [1.29, 1.82) is 0 Å². The molecule has 8 heteroatoms. The van der Waals surface area contributed by atoms with E-state index in [2.05, 4.69) is 25.3 Å². The van der Waals surface area contributed by atoms with Crippen LogP contribution >= 0.6 is 0 Å². The number of nitrogens with one attached hydrogen (secondary N) is 1. The standard InChI is InChI=1S/C20H22N6O2/c1-25(15-5-2-3-6-15)18-8-9-20(28)26(24-18)13-19(27)23-14-11-17-16(22-12-14)7-4-10-21-17/h4,7-12,15H,2-3,5-6,13H2,1H3,(H,23,27). The molecule has 1 fully saturated rings. The molecule has 0 atom stereocenters. The Morgan fingerprint density at radius 1 is 1.21 bits per heavy atom. The molecule has 1 saturated carbocycles. The lowest BCUT2D eigenvalue weighted by atomic mass is 10.2. The van der Waals surface area contributed by atoms with Crippen molar-refractivity contribution < 1.29 is 4.79 Å². The molecule has 1 aliphatic rings. The molecule has 3 heterocycles. The fraction of sp³-hybridized carbons (Fsp3) is 0.350. The van der Waals surface area contributed by atoms with Crippen LogP contribution in [0.3, 0.4) is 0 Å². The van der Waals surface area contributed by atoms with E-state index in [1.165, 1.54) is 23.6 Å². The maximum Gasteiger partial charge on any atom is 0.267 e. The van der Waals surface area contributed by atoms with Crippen LogP contribution in [0.4, 0.5) is 11.5 Å². The van der Waals surface area contributed by atoms with Gasteiger partial charge in [0.2, 0.25) is 5.91 Å². The van der Waals surface area contributed by atoms with Crippen LogP contribution in [0.25, 0.3) is 11.0 Å². The van der Waals surface area contributed by atoms with Gasteiger partial charge in [-0.1, -0.05) is 12.8 Å². The van der Waals surface area contributed by atoms with Crippen molar-refractivity contribution in [2.75, 3.05) is 17.3 Å². The fourth-order valence-corrected chi connectivity index (χ4v) is 3.58. The third-order valence-corrected chi connectivity index (χ3v) is 5.11. The molecule has 0 aromatic carbocycles. The summed E-state index contributed by atoms with van der Waals surface area (Å²) >= 11 is 0. The fourth-order valence-electron chi connectivity index (χ4n) is 3.58. The molecule has 144 valence electrons. The van der Waals surface area contributed by atoms with E-state index in [1.807, 2.05) is 13.1 Å². The highest BCUT2D eigenvalue weighted by atomic mass is 16.2. The van der Waals surface area contributed by atoms with Crippen LogP contribution in [0.2, 0.25) is 0 Å². The largest absolute Gasteiger partial charge is 0.355 e. The Morgan fingerprint density at radius 3 is 2.86 bits per heavy atom. The number of pyridine rings is 2. The lowest BCUT2D eigenvalue weighted by molar-refractivity contribution is -0.117. The van der Waals surface area contributed by atoms with Crippen molar-refractivity contribution in [3.63, 3.8) is 0 Å². The van der Waals surface area contributed by atoms with Gasteiger partial charge in [0.1, 0.15) is 12.4 Å². The molecule has 0 saturated heterocycles. The van der Waals surface area contributed by atoms with Gasteiger partial charge in [-0.2, -0.15) is 5.10 Å². The van der Waals surface area contributed by atoms with E-state index < -0.39 is 0 Å². The number of carbonyl (C=O) groups excluding carboxylic acids is 1. The van der Waals surface area contributed by atoms with Crippen LogP contribution in [0.1, 0.15) is 25.7 Å². The van der Waals surface area contributed by atoms with Gasteiger partial charge >= 0.3 is 0 Å². The zero-order valence-electron chi connectivity index (χ0n) is 15.7. The van der Waals surface area contributed by atoms with E-state index in [1.54, 1.807) is 30.6 Å². The van der Waals surface area contributed by atoms with Crippen molar-refractivity contribution in [1.82, 2.24) is 19.7 Å². The predicted octanol–water partition coefficient (Wildman–Crippen LogP) is 2.20. The molecule has 0 radical (unpaired) electrons. The summed E-state index contributed by atoms with van der Waals surface area (Å²) in [5, 5.41) is 7.15. The number of aromatic nitrogens is 4. The smallest absolute Gasteiger partial charge is 0.267 e. The zero-order chi connectivity index (χ0) is 19.5. The maximum absolute atomic E-state index is 12.4. The Hall–Kier alpha value is -3.29. The van der Waals surface area contributed by atoms with E-state index in [0.717, 1.165) is 18.4 Å². The van der Waals surface area contributed by atoms with Crippen molar-refractivity contribution in [2.45, 2.75) is 38.3 Å². The number of carbonyl (C=O) groups is 1. The van der Waals surface area contributed by atoms with Crippen LogP contribution in [0, 0.1) is 0 Å². The van der Waals surface area contributed by atoms with Crippen molar-refractivity contribution in [3.8, 4) is 0 Å². The highest BCUT2D eigenvalue weighted by molar-refractivity contribution is 5.92. The highest BCUT2D eigenvalue weighted by Crippen LogP contribution is 2.25. The minimum atomic E-state index is -0.340. The summed E-state index contributed by atoms with van der Waals surface area (Å²) in [6, 6.07) is 9.02. The normalized spacial score (nSPS) is 14.3. The third kappa shape index (κ3) is 3.85. The lowest BCUT2D eigenvalue weighted by Gasteiger charge is -2.25. The molecule has 8 nitrogen and oxygen atoms in total. The van der Waals surface area contributed by atoms with E-state index in [0.29, 0.717) is 23.1 Å². The first kappa shape index (κ1) is 18.1. The van der Waals surface area contributed by atoms with Gasteiger partial charge in [-0.05, 0) is 37.1 Å². The summed E-state index contributed by atoms with van der Waals surface area (Å²) in [7, 11) is 1.99. The van der Waals surface area contributed by atoms with Crippen molar-refractivity contribution >= 4 is 28.4 Å². The van der Waals surface area contributed by atoms with Crippen LogP contribution in [0.5, 0.6) is 0 Å². The van der Waals surface area contributed by atoms with Crippen LogP contribution in [0.15, 0.2) is 47.5 Å². The Bertz CT molecular complexity index is 1060. The molecule has 28 heavy (non-hydrogen) atoms. The minimum Gasteiger partial charge on any atom is -0.355 e. The average Bonchev–Trinajstić information content (AvgIpc) is 3.24. The third-order valence-electron chi connectivity index (χ3n) is 5.11.